The zero-order chi connectivity index (χ0) is 9.35. The molecule has 12 heavy (non-hydrogen) atoms. The molecule has 0 saturated heterocycles. The Morgan fingerprint density at radius 2 is 1.92 bits per heavy atom. The highest BCUT2D eigenvalue weighted by molar-refractivity contribution is 9.10. The van der Waals surface area contributed by atoms with Crippen molar-refractivity contribution in [3.8, 4) is 0 Å². The van der Waals surface area contributed by atoms with E-state index in [4.69, 9.17) is 11.6 Å². The molecule has 66 valence electrons. The zero-order valence-corrected chi connectivity index (χ0v) is 9.57. The van der Waals surface area contributed by atoms with E-state index in [2.05, 4.69) is 46.7 Å². The van der Waals surface area contributed by atoms with Crippen LogP contribution in [-0.2, 0) is 5.41 Å². The molecular formula is C8H10BrClN2. The van der Waals surface area contributed by atoms with Crippen LogP contribution in [0.1, 0.15) is 26.5 Å². The van der Waals surface area contributed by atoms with Crippen LogP contribution in [0.2, 0.25) is 5.15 Å². The van der Waals surface area contributed by atoms with Crippen LogP contribution in [-0.4, -0.2) is 9.97 Å². The van der Waals surface area contributed by atoms with E-state index in [9.17, 15) is 0 Å². The van der Waals surface area contributed by atoms with Gasteiger partial charge in [-0.2, -0.15) is 0 Å². The van der Waals surface area contributed by atoms with Crippen molar-refractivity contribution in [1.82, 2.24) is 9.97 Å². The normalized spacial score (nSPS) is 11.8. The van der Waals surface area contributed by atoms with Gasteiger partial charge in [-0.1, -0.05) is 32.4 Å². The molecule has 0 radical (unpaired) electrons. The van der Waals surface area contributed by atoms with E-state index in [0.29, 0.717) is 5.15 Å². The van der Waals surface area contributed by atoms with Gasteiger partial charge in [0.25, 0.3) is 0 Å². The summed E-state index contributed by atoms with van der Waals surface area (Å²) in [6.45, 7) is 6.24. The molecule has 0 aliphatic rings. The Labute approximate surface area is 85.5 Å². The Kier molecular flexibility index (Phi) is 2.74. The van der Waals surface area contributed by atoms with E-state index in [1.807, 2.05) is 0 Å². The van der Waals surface area contributed by atoms with Gasteiger partial charge in [0.1, 0.15) is 11.5 Å². The lowest BCUT2D eigenvalue weighted by Gasteiger charge is -2.18. The molecule has 1 rings (SSSR count). The standard InChI is InChI=1S/C8H10BrClN2/c1-8(2,3)6-5(9)7(10)12-4-11-6/h4H,1-3H3. The Morgan fingerprint density at radius 1 is 1.33 bits per heavy atom. The summed E-state index contributed by atoms with van der Waals surface area (Å²) in [5.41, 5.74) is 0.924. The molecule has 0 aromatic carbocycles. The van der Waals surface area contributed by atoms with E-state index in [1.54, 1.807) is 0 Å². The van der Waals surface area contributed by atoms with E-state index >= 15 is 0 Å². The van der Waals surface area contributed by atoms with Crippen LogP contribution < -0.4 is 0 Å². The second-order valence-electron chi connectivity index (χ2n) is 3.58. The van der Waals surface area contributed by atoms with E-state index in [1.165, 1.54) is 6.33 Å². The second-order valence-corrected chi connectivity index (χ2v) is 4.73. The van der Waals surface area contributed by atoms with Gasteiger partial charge < -0.3 is 0 Å². The molecule has 0 aliphatic carbocycles. The molecule has 0 aliphatic heterocycles. The van der Waals surface area contributed by atoms with Gasteiger partial charge in [0.05, 0.1) is 10.2 Å². The van der Waals surface area contributed by atoms with Crippen LogP contribution in [0, 0.1) is 0 Å². The van der Waals surface area contributed by atoms with Gasteiger partial charge in [-0.15, -0.1) is 0 Å². The third-order valence-electron chi connectivity index (χ3n) is 1.46. The van der Waals surface area contributed by atoms with Crippen molar-refractivity contribution >= 4 is 27.5 Å². The van der Waals surface area contributed by atoms with Crippen LogP contribution in [0.5, 0.6) is 0 Å². The summed E-state index contributed by atoms with van der Waals surface area (Å²) in [6, 6.07) is 0. The second kappa shape index (κ2) is 3.30. The van der Waals surface area contributed by atoms with Gasteiger partial charge in [0, 0.05) is 5.41 Å². The fraction of sp³-hybridized carbons (Fsp3) is 0.500. The van der Waals surface area contributed by atoms with Crippen LogP contribution in [0.4, 0.5) is 0 Å². The first-order chi connectivity index (χ1) is 5.43. The Hall–Kier alpha value is -0.150. The lowest BCUT2D eigenvalue weighted by atomic mass is 9.92. The first kappa shape index (κ1) is 9.93. The quantitative estimate of drug-likeness (QED) is 0.660. The molecule has 2 nitrogen and oxygen atoms in total. The predicted molar refractivity (Wildman–Crippen MR) is 53.4 cm³/mol. The lowest BCUT2D eigenvalue weighted by Crippen LogP contribution is -2.14. The average Bonchev–Trinajstić information content (AvgIpc) is 1.92. The number of rotatable bonds is 0. The third kappa shape index (κ3) is 1.96. The molecule has 1 aromatic heterocycles. The third-order valence-corrected chi connectivity index (χ3v) is 2.72. The average molecular weight is 250 g/mol. The molecule has 4 heteroatoms. The number of hydrogen-bond acceptors (Lipinski definition) is 2. The molecule has 0 saturated carbocycles. The van der Waals surface area contributed by atoms with Crippen LogP contribution >= 0.6 is 27.5 Å². The highest BCUT2D eigenvalue weighted by Gasteiger charge is 2.20. The van der Waals surface area contributed by atoms with Gasteiger partial charge in [-0.25, -0.2) is 9.97 Å². The largest absolute Gasteiger partial charge is 0.240 e. The maximum absolute atomic E-state index is 5.82. The van der Waals surface area contributed by atoms with Crippen molar-refractivity contribution in [3.05, 3.63) is 21.6 Å². The SMILES string of the molecule is CC(C)(C)c1ncnc(Cl)c1Br. The minimum absolute atomic E-state index is 0.00852. The number of halogens is 2. The van der Waals surface area contributed by atoms with Gasteiger partial charge in [-0.05, 0) is 15.9 Å². The first-order valence-corrected chi connectivity index (χ1v) is 4.76. The Balaban J connectivity index is 3.26. The minimum Gasteiger partial charge on any atom is -0.240 e. The molecule has 0 spiro atoms. The van der Waals surface area contributed by atoms with Crippen molar-refractivity contribution in [3.63, 3.8) is 0 Å². The van der Waals surface area contributed by atoms with Crippen molar-refractivity contribution in [2.75, 3.05) is 0 Å². The van der Waals surface area contributed by atoms with Crippen LogP contribution in [0.15, 0.2) is 10.8 Å². The predicted octanol–water partition coefficient (Wildman–Crippen LogP) is 3.19. The van der Waals surface area contributed by atoms with Crippen LogP contribution in [0.25, 0.3) is 0 Å². The maximum Gasteiger partial charge on any atom is 0.146 e. The van der Waals surface area contributed by atoms with Gasteiger partial charge in [0.15, 0.2) is 0 Å². The van der Waals surface area contributed by atoms with E-state index < -0.39 is 0 Å². The molecule has 0 unspecified atom stereocenters. The summed E-state index contributed by atoms with van der Waals surface area (Å²) in [5, 5.41) is 0.468. The summed E-state index contributed by atoms with van der Waals surface area (Å²) in [5.74, 6) is 0. The molecule has 0 N–H and O–H groups in total. The minimum atomic E-state index is -0.00852. The molecular weight excluding hydrogens is 239 g/mol. The fourth-order valence-corrected chi connectivity index (χ4v) is 1.80. The number of hydrogen-bond donors (Lipinski definition) is 0. The number of aromatic nitrogens is 2. The van der Waals surface area contributed by atoms with E-state index in [0.717, 1.165) is 10.2 Å². The van der Waals surface area contributed by atoms with Crippen molar-refractivity contribution in [2.24, 2.45) is 0 Å². The first-order valence-electron chi connectivity index (χ1n) is 3.59. The maximum atomic E-state index is 5.82. The monoisotopic (exact) mass is 248 g/mol. The smallest absolute Gasteiger partial charge is 0.146 e. The molecule has 0 bridgehead atoms. The van der Waals surface area contributed by atoms with E-state index in [-0.39, 0.29) is 5.41 Å². The molecule has 0 amide bonds. The summed E-state index contributed by atoms with van der Waals surface area (Å²) in [7, 11) is 0. The molecule has 0 fully saturated rings. The van der Waals surface area contributed by atoms with Gasteiger partial charge >= 0.3 is 0 Å². The Morgan fingerprint density at radius 3 is 2.33 bits per heavy atom. The molecule has 1 aromatic rings. The zero-order valence-electron chi connectivity index (χ0n) is 7.23. The molecule has 1 heterocycles. The Bertz CT molecular complexity index is 294. The van der Waals surface area contributed by atoms with Gasteiger partial charge in [-0.3, -0.25) is 0 Å². The fourth-order valence-electron chi connectivity index (χ4n) is 0.871. The topological polar surface area (TPSA) is 25.8 Å². The highest BCUT2D eigenvalue weighted by Crippen LogP contribution is 2.30. The van der Waals surface area contributed by atoms with Crippen molar-refractivity contribution < 1.29 is 0 Å². The molecule has 0 atom stereocenters. The summed E-state index contributed by atoms with van der Waals surface area (Å²) < 4.78 is 0.791. The number of nitrogens with zero attached hydrogens (tertiary/aromatic N) is 2. The summed E-state index contributed by atoms with van der Waals surface area (Å²) in [4.78, 5) is 8.03. The summed E-state index contributed by atoms with van der Waals surface area (Å²) in [6.07, 6.45) is 1.48. The lowest BCUT2D eigenvalue weighted by molar-refractivity contribution is 0.563. The van der Waals surface area contributed by atoms with Crippen LogP contribution in [0.3, 0.4) is 0 Å². The van der Waals surface area contributed by atoms with Crippen molar-refractivity contribution in [2.45, 2.75) is 26.2 Å². The van der Waals surface area contributed by atoms with Crippen molar-refractivity contribution in [1.29, 1.82) is 0 Å². The summed E-state index contributed by atoms with van der Waals surface area (Å²) >= 11 is 9.18. The highest BCUT2D eigenvalue weighted by atomic mass is 79.9. The van der Waals surface area contributed by atoms with Gasteiger partial charge in [0.2, 0.25) is 0 Å².